The van der Waals surface area contributed by atoms with Crippen LogP contribution in [0.1, 0.15) is 21.5 Å². The molecule has 34 heavy (non-hydrogen) atoms. The highest BCUT2D eigenvalue weighted by Gasteiger charge is 2.36. The number of piperazine rings is 1. The van der Waals surface area contributed by atoms with Gasteiger partial charge in [0.25, 0.3) is 5.91 Å². The molecule has 1 fully saturated rings. The second kappa shape index (κ2) is 11.4. The molecule has 0 radical (unpaired) electrons. The predicted octanol–water partition coefficient (Wildman–Crippen LogP) is 3.64. The molecule has 1 aliphatic rings. The molecule has 6 nitrogen and oxygen atoms in total. The topological polar surface area (TPSA) is 62.2 Å². The number of alkyl halides is 3. The molecule has 1 saturated heterocycles. The number of hydrogen-bond acceptors (Lipinski definition) is 5. The molecular formula is C25H29F3N2O4. The number of nitrogens with zero attached hydrogens (tertiary/aromatic N) is 2. The zero-order valence-corrected chi connectivity index (χ0v) is 19.1. The average Bonchev–Trinajstić information content (AvgIpc) is 2.83. The number of halogens is 3. The lowest BCUT2D eigenvalue weighted by molar-refractivity contribution is -0.138. The first-order chi connectivity index (χ1) is 16.2. The molecule has 1 N–H and O–H groups in total. The minimum Gasteiger partial charge on any atom is -0.493 e. The maximum absolute atomic E-state index is 13.2. The Morgan fingerprint density at radius 2 is 1.85 bits per heavy atom. The molecule has 1 unspecified atom stereocenters. The standard InChI is InChI=1S/C25H29F3N2O4/c1-3-6-18-9-10-22(23(15-18)33-2)34-17-19(31)16-29-11-13-30(14-12-29)24(32)20-7-4-5-8-21(20)25(26,27)28/h3-5,7-10,15,19,31H,1,6,11-14,16-17H2,2H3. The van der Waals surface area contributed by atoms with Gasteiger partial charge in [0.2, 0.25) is 0 Å². The van der Waals surface area contributed by atoms with Gasteiger partial charge in [-0.3, -0.25) is 9.69 Å². The van der Waals surface area contributed by atoms with Crippen molar-refractivity contribution in [2.75, 3.05) is 46.4 Å². The van der Waals surface area contributed by atoms with Crippen LogP contribution in [0, 0.1) is 0 Å². The number of β-amino-alcohol motifs (C(OH)–C–C–N with tert-alkyl or cyclic N) is 1. The van der Waals surface area contributed by atoms with Crippen molar-refractivity contribution in [3.63, 3.8) is 0 Å². The molecule has 0 aliphatic carbocycles. The third kappa shape index (κ3) is 6.51. The van der Waals surface area contributed by atoms with Crippen LogP contribution in [-0.2, 0) is 12.6 Å². The number of carbonyl (C=O) groups excluding carboxylic acids is 1. The van der Waals surface area contributed by atoms with Crippen molar-refractivity contribution < 1.29 is 32.5 Å². The van der Waals surface area contributed by atoms with E-state index in [4.69, 9.17) is 9.47 Å². The van der Waals surface area contributed by atoms with E-state index < -0.39 is 23.8 Å². The number of ether oxygens (including phenoxy) is 2. The molecule has 0 aromatic heterocycles. The van der Waals surface area contributed by atoms with E-state index >= 15 is 0 Å². The maximum Gasteiger partial charge on any atom is 0.417 e. The average molecular weight is 479 g/mol. The predicted molar refractivity (Wildman–Crippen MR) is 122 cm³/mol. The molecule has 1 amide bonds. The Hall–Kier alpha value is -3.04. The van der Waals surface area contributed by atoms with E-state index in [1.54, 1.807) is 19.3 Å². The molecular weight excluding hydrogens is 449 g/mol. The number of benzene rings is 2. The smallest absolute Gasteiger partial charge is 0.417 e. The highest BCUT2D eigenvalue weighted by atomic mass is 19.4. The third-order valence-corrected chi connectivity index (χ3v) is 5.63. The van der Waals surface area contributed by atoms with Gasteiger partial charge in [0.05, 0.1) is 18.2 Å². The fourth-order valence-electron chi connectivity index (χ4n) is 3.88. The first kappa shape index (κ1) is 25.6. The van der Waals surface area contributed by atoms with Gasteiger partial charge in [-0.15, -0.1) is 6.58 Å². The van der Waals surface area contributed by atoms with Gasteiger partial charge in [0.1, 0.15) is 12.7 Å². The highest BCUT2D eigenvalue weighted by molar-refractivity contribution is 5.96. The largest absolute Gasteiger partial charge is 0.493 e. The Kier molecular flexibility index (Phi) is 8.57. The molecule has 1 aliphatic heterocycles. The van der Waals surface area contributed by atoms with Crippen LogP contribution in [0.3, 0.4) is 0 Å². The van der Waals surface area contributed by atoms with Gasteiger partial charge in [0.15, 0.2) is 11.5 Å². The lowest BCUT2D eigenvalue weighted by Gasteiger charge is -2.36. The van der Waals surface area contributed by atoms with E-state index in [0.29, 0.717) is 37.6 Å². The Labute approximate surface area is 197 Å². The monoisotopic (exact) mass is 478 g/mol. The van der Waals surface area contributed by atoms with Crippen LogP contribution in [0.4, 0.5) is 13.2 Å². The van der Waals surface area contributed by atoms with Crippen LogP contribution in [-0.4, -0.2) is 73.4 Å². The SMILES string of the molecule is C=CCc1ccc(OCC(O)CN2CCN(C(=O)c3ccccc3C(F)(F)F)CC2)c(OC)c1. The third-order valence-electron chi connectivity index (χ3n) is 5.63. The summed E-state index contributed by atoms with van der Waals surface area (Å²) in [7, 11) is 1.55. The summed E-state index contributed by atoms with van der Waals surface area (Å²) < 4.78 is 50.8. The van der Waals surface area contributed by atoms with Crippen LogP contribution in [0.2, 0.25) is 0 Å². The first-order valence-electron chi connectivity index (χ1n) is 11.0. The highest BCUT2D eigenvalue weighted by Crippen LogP contribution is 2.32. The second-order valence-corrected chi connectivity index (χ2v) is 8.08. The van der Waals surface area contributed by atoms with E-state index in [-0.39, 0.29) is 25.3 Å². The number of rotatable bonds is 9. The van der Waals surface area contributed by atoms with Crippen molar-refractivity contribution in [1.29, 1.82) is 0 Å². The normalized spacial score (nSPS) is 15.6. The van der Waals surface area contributed by atoms with Crippen molar-refractivity contribution in [2.24, 2.45) is 0 Å². The minimum atomic E-state index is -4.59. The summed E-state index contributed by atoms with van der Waals surface area (Å²) >= 11 is 0. The molecule has 2 aromatic carbocycles. The molecule has 0 bridgehead atoms. The lowest BCUT2D eigenvalue weighted by atomic mass is 10.1. The van der Waals surface area contributed by atoms with Crippen LogP contribution in [0.25, 0.3) is 0 Å². The van der Waals surface area contributed by atoms with Gasteiger partial charge in [-0.05, 0) is 36.2 Å². The molecule has 2 aromatic rings. The summed E-state index contributed by atoms with van der Waals surface area (Å²) in [6.07, 6.45) is -2.88. The van der Waals surface area contributed by atoms with Crippen molar-refractivity contribution >= 4 is 5.91 Å². The van der Waals surface area contributed by atoms with E-state index in [9.17, 15) is 23.1 Å². The molecule has 0 saturated carbocycles. The number of aliphatic hydroxyl groups excluding tert-OH is 1. The number of carbonyl (C=O) groups is 1. The van der Waals surface area contributed by atoms with Gasteiger partial charge in [0, 0.05) is 32.7 Å². The summed E-state index contributed by atoms with van der Waals surface area (Å²) in [6.45, 7) is 5.52. The van der Waals surface area contributed by atoms with Gasteiger partial charge in [-0.2, -0.15) is 13.2 Å². The van der Waals surface area contributed by atoms with E-state index in [1.165, 1.54) is 23.1 Å². The van der Waals surface area contributed by atoms with Crippen LogP contribution in [0.5, 0.6) is 11.5 Å². The Balaban J connectivity index is 1.50. The zero-order valence-electron chi connectivity index (χ0n) is 19.1. The summed E-state index contributed by atoms with van der Waals surface area (Å²) in [5, 5.41) is 10.4. The van der Waals surface area contributed by atoms with Crippen LogP contribution >= 0.6 is 0 Å². The van der Waals surface area contributed by atoms with Gasteiger partial charge < -0.3 is 19.5 Å². The Morgan fingerprint density at radius 1 is 1.15 bits per heavy atom. The van der Waals surface area contributed by atoms with Gasteiger partial charge in [-0.1, -0.05) is 24.3 Å². The van der Waals surface area contributed by atoms with Crippen LogP contribution in [0.15, 0.2) is 55.1 Å². The molecule has 1 atom stereocenters. The van der Waals surface area contributed by atoms with Crippen molar-refractivity contribution in [3.05, 3.63) is 71.8 Å². The summed E-state index contributed by atoms with van der Waals surface area (Å²) in [6, 6.07) is 10.4. The number of amides is 1. The first-order valence-corrected chi connectivity index (χ1v) is 11.0. The van der Waals surface area contributed by atoms with Crippen molar-refractivity contribution in [3.8, 4) is 11.5 Å². The van der Waals surface area contributed by atoms with Crippen molar-refractivity contribution in [2.45, 2.75) is 18.7 Å². The van der Waals surface area contributed by atoms with Crippen molar-refractivity contribution in [1.82, 2.24) is 9.80 Å². The van der Waals surface area contributed by atoms with E-state index in [0.717, 1.165) is 11.6 Å². The Bertz CT molecular complexity index is 988. The summed E-state index contributed by atoms with van der Waals surface area (Å²) in [5.74, 6) is 0.453. The van der Waals surface area contributed by atoms with E-state index in [2.05, 4.69) is 6.58 Å². The minimum absolute atomic E-state index is 0.0509. The Morgan fingerprint density at radius 3 is 2.50 bits per heavy atom. The second-order valence-electron chi connectivity index (χ2n) is 8.08. The van der Waals surface area contributed by atoms with Gasteiger partial charge >= 0.3 is 6.18 Å². The number of hydrogen-bond donors (Lipinski definition) is 1. The molecule has 9 heteroatoms. The molecule has 0 spiro atoms. The lowest BCUT2D eigenvalue weighted by Crippen LogP contribution is -2.51. The maximum atomic E-state index is 13.2. The van der Waals surface area contributed by atoms with E-state index in [1.807, 2.05) is 17.0 Å². The quantitative estimate of drug-likeness (QED) is 0.558. The zero-order chi connectivity index (χ0) is 24.7. The summed E-state index contributed by atoms with van der Waals surface area (Å²) in [5.41, 5.74) is -0.238. The fourth-order valence-corrected chi connectivity index (χ4v) is 3.88. The number of allylic oxidation sites excluding steroid dienone is 1. The number of aliphatic hydroxyl groups is 1. The molecule has 1 heterocycles. The summed E-state index contributed by atoms with van der Waals surface area (Å²) in [4.78, 5) is 16.1. The number of methoxy groups -OCH3 is 1. The van der Waals surface area contributed by atoms with Crippen LogP contribution < -0.4 is 9.47 Å². The molecule has 3 rings (SSSR count). The van der Waals surface area contributed by atoms with Gasteiger partial charge in [-0.25, -0.2) is 0 Å². The molecule has 184 valence electrons. The fraction of sp³-hybridized carbons (Fsp3) is 0.400.